The van der Waals surface area contributed by atoms with Gasteiger partial charge in [0.2, 0.25) is 0 Å². The van der Waals surface area contributed by atoms with Gasteiger partial charge in [0.15, 0.2) is 8.32 Å². The van der Waals surface area contributed by atoms with Crippen LogP contribution in [0.15, 0.2) is 0 Å². The molecule has 0 unspecified atom stereocenters. The summed E-state index contributed by atoms with van der Waals surface area (Å²) >= 11 is 0. The molecule has 0 heterocycles. The molecule has 1 amide bonds. The van der Waals surface area contributed by atoms with E-state index in [9.17, 15) is 4.79 Å². The monoisotopic (exact) mass is 247 g/mol. The minimum atomic E-state index is -1.70. The molecule has 0 fully saturated rings. The van der Waals surface area contributed by atoms with E-state index in [0.717, 1.165) is 0 Å². The van der Waals surface area contributed by atoms with Crippen molar-refractivity contribution in [2.75, 3.05) is 27.3 Å². The van der Waals surface area contributed by atoms with Gasteiger partial charge in [-0.05, 0) is 18.1 Å². The van der Waals surface area contributed by atoms with Crippen molar-refractivity contribution in [2.45, 2.75) is 38.9 Å². The number of rotatable bonds is 4. The number of hydrogen-bond acceptors (Lipinski definition) is 3. The van der Waals surface area contributed by atoms with Gasteiger partial charge in [0.25, 0.3) is 0 Å². The molecule has 0 aliphatic carbocycles. The first-order valence-electron chi connectivity index (χ1n) is 5.55. The molecule has 0 rings (SSSR count). The van der Waals surface area contributed by atoms with Crippen molar-refractivity contribution >= 4 is 14.4 Å². The van der Waals surface area contributed by atoms with Gasteiger partial charge in [0.1, 0.15) is 0 Å². The van der Waals surface area contributed by atoms with Crippen LogP contribution in [0.3, 0.4) is 0 Å². The van der Waals surface area contributed by atoms with Gasteiger partial charge in [-0.25, -0.2) is 4.79 Å². The number of methoxy groups -OCH3 is 1. The van der Waals surface area contributed by atoms with Gasteiger partial charge >= 0.3 is 6.09 Å². The molecule has 0 aliphatic heterocycles. The van der Waals surface area contributed by atoms with E-state index in [1.807, 2.05) is 0 Å². The van der Waals surface area contributed by atoms with Gasteiger partial charge in [-0.2, -0.15) is 0 Å². The molecular weight excluding hydrogens is 222 g/mol. The first-order valence-corrected chi connectivity index (χ1v) is 8.45. The van der Waals surface area contributed by atoms with Crippen LogP contribution in [0.25, 0.3) is 0 Å². The standard InChI is InChI=1S/C11H25NO3Si/c1-11(2,3)16(6,7)15-9-8-12(4)10(13)14-5/h8-9H2,1-7H3. The first-order chi connectivity index (χ1) is 7.12. The Morgan fingerprint density at radius 2 is 1.81 bits per heavy atom. The van der Waals surface area contributed by atoms with Gasteiger partial charge in [-0.1, -0.05) is 20.8 Å². The summed E-state index contributed by atoms with van der Waals surface area (Å²) in [5, 5.41) is 0.205. The maximum Gasteiger partial charge on any atom is 0.409 e. The lowest BCUT2D eigenvalue weighted by Gasteiger charge is -2.36. The third-order valence-corrected chi connectivity index (χ3v) is 7.72. The van der Waals surface area contributed by atoms with Crippen LogP contribution in [0.1, 0.15) is 20.8 Å². The van der Waals surface area contributed by atoms with Crippen molar-refractivity contribution in [3.05, 3.63) is 0 Å². The van der Waals surface area contributed by atoms with Crippen LogP contribution in [0, 0.1) is 0 Å². The van der Waals surface area contributed by atoms with E-state index in [1.165, 1.54) is 12.0 Å². The summed E-state index contributed by atoms with van der Waals surface area (Å²) in [6.07, 6.45) is -0.321. The Kier molecular flexibility index (Phi) is 5.48. The number of amides is 1. The maximum absolute atomic E-state index is 11.1. The highest BCUT2D eigenvalue weighted by Crippen LogP contribution is 2.36. The van der Waals surface area contributed by atoms with Gasteiger partial charge < -0.3 is 14.1 Å². The molecule has 0 spiro atoms. The molecule has 0 aliphatic rings. The Balaban J connectivity index is 4.04. The summed E-state index contributed by atoms with van der Waals surface area (Å²) in [6, 6.07) is 0. The zero-order valence-corrected chi connectivity index (χ0v) is 12.6. The predicted octanol–water partition coefficient (Wildman–Crippen LogP) is 2.71. The summed E-state index contributed by atoms with van der Waals surface area (Å²) in [5.74, 6) is 0. The quantitative estimate of drug-likeness (QED) is 0.717. The van der Waals surface area contributed by atoms with E-state index in [-0.39, 0.29) is 11.1 Å². The van der Waals surface area contributed by atoms with E-state index in [4.69, 9.17) is 4.43 Å². The minimum Gasteiger partial charge on any atom is -0.453 e. The Morgan fingerprint density at radius 3 is 2.19 bits per heavy atom. The summed E-state index contributed by atoms with van der Waals surface area (Å²) in [4.78, 5) is 12.6. The SMILES string of the molecule is COC(=O)N(C)CCO[Si](C)(C)C(C)(C)C. The van der Waals surface area contributed by atoms with Crippen LogP contribution in [-0.2, 0) is 9.16 Å². The highest BCUT2D eigenvalue weighted by atomic mass is 28.4. The van der Waals surface area contributed by atoms with Gasteiger partial charge in [0, 0.05) is 13.6 Å². The molecule has 0 atom stereocenters. The third-order valence-electron chi connectivity index (χ3n) is 3.18. The molecule has 0 aromatic heterocycles. The molecule has 5 heteroatoms. The lowest BCUT2D eigenvalue weighted by Crippen LogP contribution is -2.43. The topological polar surface area (TPSA) is 38.8 Å². The van der Waals surface area contributed by atoms with Crippen LogP contribution in [-0.4, -0.2) is 46.6 Å². The number of carbonyl (C=O) groups excluding carboxylic acids is 1. The zero-order chi connectivity index (χ0) is 13.0. The Bertz CT molecular complexity index is 236. The highest BCUT2D eigenvalue weighted by Gasteiger charge is 2.36. The molecular formula is C11H25NO3Si. The van der Waals surface area contributed by atoms with Crippen LogP contribution >= 0.6 is 0 Å². The molecule has 0 saturated heterocycles. The van der Waals surface area contributed by atoms with E-state index >= 15 is 0 Å². The minimum absolute atomic E-state index is 0.205. The van der Waals surface area contributed by atoms with E-state index in [2.05, 4.69) is 38.6 Å². The first kappa shape index (κ1) is 15.4. The van der Waals surface area contributed by atoms with Crippen LogP contribution in [0.4, 0.5) is 4.79 Å². The van der Waals surface area contributed by atoms with E-state index in [0.29, 0.717) is 13.2 Å². The van der Waals surface area contributed by atoms with Crippen LogP contribution < -0.4 is 0 Å². The van der Waals surface area contributed by atoms with Crippen LogP contribution in [0.5, 0.6) is 0 Å². The van der Waals surface area contributed by atoms with Crippen molar-refractivity contribution in [3.8, 4) is 0 Å². The molecule has 96 valence electrons. The van der Waals surface area contributed by atoms with Crippen molar-refractivity contribution in [1.82, 2.24) is 4.90 Å². The number of likely N-dealkylation sites (N-methyl/N-ethyl adjacent to an activating group) is 1. The smallest absolute Gasteiger partial charge is 0.409 e. The second kappa shape index (κ2) is 5.68. The number of nitrogens with zero attached hydrogens (tertiary/aromatic N) is 1. The molecule has 4 nitrogen and oxygen atoms in total. The lowest BCUT2D eigenvalue weighted by molar-refractivity contribution is 0.125. The summed E-state index contributed by atoms with van der Waals surface area (Å²) in [7, 11) is 1.40. The average Bonchev–Trinajstić information content (AvgIpc) is 2.14. The molecule has 0 N–H and O–H groups in total. The number of carbonyl (C=O) groups is 1. The van der Waals surface area contributed by atoms with E-state index in [1.54, 1.807) is 7.05 Å². The lowest BCUT2D eigenvalue weighted by atomic mass is 10.2. The average molecular weight is 247 g/mol. The van der Waals surface area contributed by atoms with Crippen molar-refractivity contribution in [2.24, 2.45) is 0 Å². The molecule has 0 aromatic rings. The molecule has 16 heavy (non-hydrogen) atoms. The van der Waals surface area contributed by atoms with Gasteiger partial charge in [-0.15, -0.1) is 0 Å². The van der Waals surface area contributed by atoms with Gasteiger partial charge in [-0.3, -0.25) is 0 Å². The van der Waals surface area contributed by atoms with Crippen LogP contribution in [0.2, 0.25) is 18.1 Å². The normalized spacial score (nSPS) is 12.4. The summed E-state index contributed by atoms with van der Waals surface area (Å²) in [6.45, 7) is 12.1. The fourth-order valence-corrected chi connectivity index (χ4v) is 1.94. The molecule has 0 radical (unpaired) electrons. The fraction of sp³-hybridized carbons (Fsp3) is 0.909. The molecule has 0 aromatic carbocycles. The van der Waals surface area contributed by atoms with Crippen molar-refractivity contribution in [1.29, 1.82) is 0 Å². The number of ether oxygens (including phenoxy) is 1. The predicted molar refractivity (Wildman–Crippen MR) is 68.2 cm³/mol. The van der Waals surface area contributed by atoms with Gasteiger partial charge in [0.05, 0.1) is 13.7 Å². The van der Waals surface area contributed by atoms with E-state index < -0.39 is 8.32 Å². The second-order valence-corrected chi connectivity index (χ2v) is 10.3. The second-order valence-electron chi connectivity index (χ2n) is 5.50. The Morgan fingerprint density at radius 1 is 1.31 bits per heavy atom. The fourth-order valence-electron chi connectivity index (χ4n) is 0.901. The van der Waals surface area contributed by atoms with Crippen molar-refractivity contribution in [3.63, 3.8) is 0 Å². The largest absolute Gasteiger partial charge is 0.453 e. The number of hydrogen-bond donors (Lipinski definition) is 0. The highest BCUT2D eigenvalue weighted by molar-refractivity contribution is 6.74. The molecule has 0 saturated carbocycles. The summed E-state index contributed by atoms with van der Waals surface area (Å²) in [5.41, 5.74) is 0. The maximum atomic E-state index is 11.1. The zero-order valence-electron chi connectivity index (χ0n) is 11.6. The Labute approximate surface area is 100 Å². The third kappa shape index (κ3) is 4.53. The molecule has 0 bridgehead atoms. The Hall–Kier alpha value is -0.553. The van der Waals surface area contributed by atoms with Crippen molar-refractivity contribution < 1.29 is 14.0 Å². The summed E-state index contributed by atoms with van der Waals surface area (Å²) < 4.78 is 10.6.